The first kappa shape index (κ1) is 11.0. The molecule has 0 spiro atoms. The van der Waals surface area contributed by atoms with Gasteiger partial charge in [-0.1, -0.05) is 51.0 Å². The van der Waals surface area contributed by atoms with Crippen LogP contribution >= 0.6 is 0 Å². The molecule has 1 saturated carbocycles. The minimum absolute atomic E-state index is 0.869. The smallest absolute Gasteiger partial charge is 0.0160 e. The van der Waals surface area contributed by atoms with Gasteiger partial charge >= 0.3 is 0 Å². The summed E-state index contributed by atoms with van der Waals surface area (Å²) < 4.78 is 0. The molecule has 15 heavy (non-hydrogen) atoms. The van der Waals surface area contributed by atoms with Crippen molar-refractivity contribution in [3.63, 3.8) is 0 Å². The van der Waals surface area contributed by atoms with Gasteiger partial charge in [-0.05, 0) is 42.9 Å². The van der Waals surface area contributed by atoms with Gasteiger partial charge in [0.15, 0.2) is 0 Å². The van der Waals surface area contributed by atoms with Gasteiger partial charge in [0.25, 0.3) is 0 Å². The van der Waals surface area contributed by atoms with Crippen molar-refractivity contribution in [3.8, 4) is 0 Å². The summed E-state index contributed by atoms with van der Waals surface area (Å²) in [5.74, 6) is 3.54. The van der Waals surface area contributed by atoms with Crippen LogP contribution in [0.1, 0.15) is 46.5 Å². The monoisotopic (exact) mass is 204 g/mol. The highest BCUT2D eigenvalue weighted by molar-refractivity contribution is 5.25. The fourth-order valence-corrected chi connectivity index (χ4v) is 3.46. The Hall–Kier alpha value is -0.520. The van der Waals surface area contributed by atoms with E-state index >= 15 is 0 Å². The van der Waals surface area contributed by atoms with Gasteiger partial charge in [0.1, 0.15) is 0 Å². The van der Waals surface area contributed by atoms with Crippen molar-refractivity contribution in [3.05, 3.63) is 23.8 Å². The van der Waals surface area contributed by atoms with E-state index in [1.165, 1.54) is 25.7 Å². The van der Waals surface area contributed by atoms with Gasteiger partial charge in [-0.2, -0.15) is 0 Å². The minimum atomic E-state index is 0.869. The Labute approximate surface area is 94.5 Å². The normalized spacial score (nSPS) is 39.8. The fraction of sp³-hybridized carbons (Fsp3) is 0.733. The molecule has 2 rings (SSSR count). The van der Waals surface area contributed by atoms with E-state index in [2.05, 4.69) is 39.0 Å². The van der Waals surface area contributed by atoms with Gasteiger partial charge in [-0.15, -0.1) is 0 Å². The van der Waals surface area contributed by atoms with Crippen LogP contribution in [-0.2, 0) is 0 Å². The van der Waals surface area contributed by atoms with E-state index in [0.717, 1.165) is 23.7 Å². The molecule has 0 heteroatoms. The second-order valence-electron chi connectivity index (χ2n) is 5.49. The van der Waals surface area contributed by atoms with E-state index in [9.17, 15) is 0 Å². The van der Waals surface area contributed by atoms with Crippen molar-refractivity contribution in [1.29, 1.82) is 0 Å². The molecule has 2 aliphatic rings. The van der Waals surface area contributed by atoms with Crippen molar-refractivity contribution in [2.45, 2.75) is 46.5 Å². The molecule has 0 aromatic carbocycles. The molecule has 4 atom stereocenters. The Balaban J connectivity index is 2.21. The van der Waals surface area contributed by atoms with Crippen LogP contribution in [0.2, 0.25) is 0 Å². The van der Waals surface area contributed by atoms with Crippen LogP contribution in [-0.4, -0.2) is 0 Å². The zero-order valence-corrected chi connectivity index (χ0v) is 10.4. The van der Waals surface area contributed by atoms with Crippen LogP contribution in [0.5, 0.6) is 0 Å². The summed E-state index contributed by atoms with van der Waals surface area (Å²) in [7, 11) is 0. The highest BCUT2D eigenvalue weighted by atomic mass is 14.4. The molecule has 0 radical (unpaired) electrons. The molecule has 0 aromatic rings. The predicted molar refractivity (Wildman–Crippen MR) is 66.7 cm³/mol. The van der Waals surface area contributed by atoms with Crippen molar-refractivity contribution >= 4 is 0 Å². The van der Waals surface area contributed by atoms with Crippen molar-refractivity contribution < 1.29 is 0 Å². The molecular weight excluding hydrogens is 180 g/mol. The van der Waals surface area contributed by atoms with Crippen molar-refractivity contribution in [1.82, 2.24) is 0 Å². The SMILES string of the molecule is CCCC1C2=CC=CCC2CC(C)C1C. The predicted octanol–water partition coefficient (Wildman–Crippen LogP) is 4.58. The number of hydrogen-bond donors (Lipinski definition) is 0. The van der Waals surface area contributed by atoms with Crippen molar-refractivity contribution in [2.24, 2.45) is 23.7 Å². The average molecular weight is 204 g/mol. The molecule has 0 heterocycles. The largest absolute Gasteiger partial charge is 0.0839 e. The number of rotatable bonds is 2. The van der Waals surface area contributed by atoms with Crippen LogP contribution in [0.4, 0.5) is 0 Å². The summed E-state index contributed by atoms with van der Waals surface area (Å²) in [6.07, 6.45) is 12.5. The summed E-state index contributed by atoms with van der Waals surface area (Å²) >= 11 is 0. The lowest BCUT2D eigenvalue weighted by Crippen LogP contribution is -2.32. The van der Waals surface area contributed by atoms with E-state index in [0.29, 0.717) is 0 Å². The lowest BCUT2D eigenvalue weighted by Gasteiger charge is -2.42. The second-order valence-corrected chi connectivity index (χ2v) is 5.49. The molecule has 0 aliphatic heterocycles. The Morgan fingerprint density at radius 3 is 2.87 bits per heavy atom. The van der Waals surface area contributed by atoms with E-state index < -0.39 is 0 Å². The third-order valence-electron chi connectivity index (χ3n) is 4.53. The summed E-state index contributed by atoms with van der Waals surface area (Å²) in [4.78, 5) is 0. The standard InChI is InChI=1S/C15H24/c1-4-7-14-12(3)11(2)10-13-8-5-6-9-15(13)14/h5-6,9,11-14H,4,7-8,10H2,1-3H3. The number of hydrogen-bond acceptors (Lipinski definition) is 0. The molecule has 2 aliphatic carbocycles. The van der Waals surface area contributed by atoms with E-state index in [1.807, 2.05) is 0 Å². The molecule has 0 aromatic heterocycles. The molecule has 0 amide bonds. The van der Waals surface area contributed by atoms with Gasteiger partial charge in [-0.3, -0.25) is 0 Å². The van der Waals surface area contributed by atoms with Gasteiger partial charge in [0.2, 0.25) is 0 Å². The van der Waals surface area contributed by atoms with Gasteiger partial charge in [-0.25, -0.2) is 0 Å². The lowest BCUT2D eigenvalue weighted by molar-refractivity contribution is 0.184. The highest BCUT2D eigenvalue weighted by Crippen LogP contribution is 2.46. The topological polar surface area (TPSA) is 0 Å². The van der Waals surface area contributed by atoms with Gasteiger partial charge in [0.05, 0.1) is 0 Å². The van der Waals surface area contributed by atoms with E-state index in [4.69, 9.17) is 0 Å². The molecule has 4 unspecified atom stereocenters. The Kier molecular flexibility index (Phi) is 3.33. The quantitative estimate of drug-likeness (QED) is 0.617. The summed E-state index contributed by atoms with van der Waals surface area (Å²) in [5.41, 5.74) is 1.77. The summed E-state index contributed by atoms with van der Waals surface area (Å²) in [5, 5.41) is 0. The molecule has 0 N–H and O–H groups in total. The molecule has 0 saturated heterocycles. The molecule has 0 nitrogen and oxygen atoms in total. The first-order chi connectivity index (χ1) is 7.24. The lowest BCUT2D eigenvalue weighted by atomic mass is 9.63. The minimum Gasteiger partial charge on any atom is -0.0839 e. The van der Waals surface area contributed by atoms with Crippen LogP contribution in [0.25, 0.3) is 0 Å². The maximum Gasteiger partial charge on any atom is -0.0160 e. The molecule has 1 fully saturated rings. The van der Waals surface area contributed by atoms with Gasteiger partial charge < -0.3 is 0 Å². The second kappa shape index (κ2) is 4.55. The van der Waals surface area contributed by atoms with E-state index in [1.54, 1.807) is 5.57 Å². The maximum absolute atomic E-state index is 2.46. The summed E-state index contributed by atoms with van der Waals surface area (Å²) in [6.45, 7) is 7.23. The van der Waals surface area contributed by atoms with Crippen LogP contribution in [0.3, 0.4) is 0 Å². The third-order valence-corrected chi connectivity index (χ3v) is 4.53. The van der Waals surface area contributed by atoms with Crippen LogP contribution in [0.15, 0.2) is 23.8 Å². The third kappa shape index (κ3) is 2.04. The Morgan fingerprint density at radius 2 is 2.13 bits per heavy atom. The average Bonchev–Trinajstić information content (AvgIpc) is 2.25. The molecular formula is C15H24. The first-order valence-corrected chi connectivity index (χ1v) is 6.60. The maximum atomic E-state index is 2.46. The Morgan fingerprint density at radius 1 is 1.33 bits per heavy atom. The molecule has 0 bridgehead atoms. The molecule has 84 valence electrons. The number of allylic oxidation sites excluding steroid dienone is 4. The van der Waals surface area contributed by atoms with Crippen molar-refractivity contribution in [2.75, 3.05) is 0 Å². The van der Waals surface area contributed by atoms with Gasteiger partial charge in [0, 0.05) is 0 Å². The summed E-state index contributed by atoms with van der Waals surface area (Å²) in [6, 6.07) is 0. The number of fused-ring (bicyclic) bond motifs is 1. The zero-order chi connectivity index (χ0) is 10.8. The highest BCUT2D eigenvalue weighted by Gasteiger charge is 2.35. The van der Waals surface area contributed by atoms with Crippen LogP contribution in [0, 0.1) is 23.7 Å². The first-order valence-electron chi connectivity index (χ1n) is 6.60. The fourth-order valence-electron chi connectivity index (χ4n) is 3.46. The Bertz CT molecular complexity index is 272. The van der Waals surface area contributed by atoms with E-state index in [-0.39, 0.29) is 0 Å². The van der Waals surface area contributed by atoms with Crippen LogP contribution < -0.4 is 0 Å². The zero-order valence-electron chi connectivity index (χ0n) is 10.4.